The van der Waals surface area contributed by atoms with E-state index in [9.17, 15) is 0 Å². The molecule has 0 N–H and O–H groups in total. The maximum Gasteiger partial charge on any atom is 0.0970 e. The van der Waals surface area contributed by atoms with Crippen LogP contribution in [0.5, 0.6) is 0 Å². The van der Waals surface area contributed by atoms with E-state index in [4.69, 9.17) is 5.48 Å². The van der Waals surface area contributed by atoms with Crippen molar-refractivity contribution in [2.75, 3.05) is 0 Å². The average molecular weight is 978 g/mol. The van der Waals surface area contributed by atoms with Crippen LogP contribution < -0.4 is 0 Å². The molecule has 0 spiro atoms. The summed E-state index contributed by atoms with van der Waals surface area (Å²) in [5.74, 6) is 0. The summed E-state index contributed by atoms with van der Waals surface area (Å²) in [6.07, 6.45) is 13.0. The lowest BCUT2D eigenvalue weighted by molar-refractivity contribution is 1.37. The molecular formula is C71H51N5. The van der Waals surface area contributed by atoms with Crippen molar-refractivity contribution < 1.29 is 5.48 Å². The molecule has 0 saturated heterocycles. The lowest BCUT2D eigenvalue weighted by atomic mass is 9.94. The van der Waals surface area contributed by atoms with E-state index in [1.165, 1.54) is 80.8 Å². The molecule has 5 nitrogen and oxygen atoms in total. The first-order chi connectivity index (χ1) is 39.5. The summed E-state index contributed by atoms with van der Waals surface area (Å²) in [7, 11) is 0. The Morgan fingerprint density at radius 2 is 0.487 bits per heavy atom. The summed E-state index contributed by atoms with van der Waals surface area (Å²) < 4.78 is 30.3. The van der Waals surface area contributed by atoms with Gasteiger partial charge in [-0.1, -0.05) is 186 Å². The van der Waals surface area contributed by atoms with Crippen LogP contribution in [0.4, 0.5) is 0 Å². The first-order valence-electron chi connectivity index (χ1n) is 28.1. The van der Waals surface area contributed by atoms with Gasteiger partial charge in [0.2, 0.25) is 0 Å². The molecule has 0 saturated carbocycles. The van der Waals surface area contributed by atoms with E-state index in [-0.39, 0.29) is 0 Å². The van der Waals surface area contributed by atoms with Crippen LogP contribution in [0.3, 0.4) is 0 Å². The van der Waals surface area contributed by atoms with Crippen LogP contribution in [-0.2, 0) is 0 Å². The van der Waals surface area contributed by atoms with Gasteiger partial charge in [0, 0.05) is 81.2 Å². The van der Waals surface area contributed by atoms with Gasteiger partial charge in [0.1, 0.15) is 0 Å². The van der Waals surface area contributed by atoms with Gasteiger partial charge >= 0.3 is 0 Å². The molecule has 16 aromatic rings. The van der Waals surface area contributed by atoms with Crippen LogP contribution in [0.1, 0.15) is 27.7 Å². The normalized spacial score (nSPS) is 12.1. The summed E-state index contributed by atoms with van der Waals surface area (Å²) in [4.78, 5) is 22.1. The van der Waals surface area contributed by atoms with E-state index in [0.717, 1.165) is 71.1 Å². The molecule has 0 aliphatic heterocycles. The Morgan fingerprint density at radius 3 is 0.882 bits per heavy atom. The van der Waals surface area contributed by atoms with Crippen molar-refractivity contribution in [2.24, 2.45) is 0 Å². The van der Waals surface area contributed by atoms with Crippen LogP contribution in [-0.4, -0.2) is 24.9 Å². The fraction of sp³-hybridized carbons (Fsp3) is 0.0563. The minimum atomic E-state index is 0.294. The van der Waals surface area contributed by atoms with Crippen molar-refractivity contribution in [3.63, 3.8) is 0 Å². The van der Waals surface area contributed by atoms with Crippen molar-refractivity contribution in [1.29, 1.82) is 0 Å². The van der Waals surface area contributed by atoms with E-state index < -0.39 is 0 Å². The predicted molar refractivity (Wildman–Crippen MR) is 324 cm³/mol. The number of hydrogen-bond donors (Lipinski definition) is 0. The lowest BCUT2D eigenvalue weighted by Gasteiger charge is -2.10. The first kappa shape index (κ1) is 41.7. The Balaban J connectivity index is 0.000000101. The van der Waals surface area contributed by atoms with Crippen molar-refractivity contribution in [3.8, 4) is 0 Å². The van der Waals surface area contributed by atoms with E-state index in [1.54, 1.807) is 12.4 Å². The molecule has 5 aromatic heterocycles. The highest BCUT2D eigenvalue weighted by Gasteiger charge is 2.13. The smallest absolute Gasteiger partial charge is 0.0970 e. The first-order valence-corrected chi connectivity index (χ1v) is 25.3. The average Bonchev–Trinajstić information content (AvgIpc) is 3.59. The monoisotopic (exact) mass is 977 g/mol. The molecule has 11 aromatic carbocycles. The van der Waals surface area contributed by atoms with Crippen LogP contribution in [0, 0.1) is 27.6 Å². The van der Waals surface area contributed by atoms with Crippen LogP contribution in [0.25, 0.3) is 130 Å². The SMILES string of the molecule is [2H]Cc1ccc2c(c1)c1cccnc1c1ncccc21.[2H]Cc1ccc2c3ccccc3c3ccncc3c2c1.[2H]Cc1ccc2c3ccccc3c3ccncc3c2c1.[2H]Cc1ccc2c3ccccc3c3ncccc3c2c1. The molecule has 0 fully saturated rings. The molecule has 360 valence electrons. The number of hydrogen-bond acceptors (Lipinski definition) is 5. The third kappa shape index (κ3) is 8.10. The Morgan fingerprint density at radius 1 is 0.224 bits per heavy atom. The third-order valence-electron chi connectivity index (χ3n) is 14.6. The number of nitrogens with zero attached hydrogens (tertiary/aromatic N) is 5. The lowest BCUT2D eigenvalue weighted by Crippen LogP contribution is -1.88. The minimum Gasteiger partial charge on any atom is -0.264 e. The predicted octanol–water partition coefficient (Wildman–Crippen LogP) is 18.8. The molecule has 0 atom stereocenters. The largest absolute Gasteiger partial charge is 0.264 e. The summed E-state index contributed by atoms with van der Waals surface area (Å²) >= 11 is 0. The number of pyridine rings is 5. The zero-order valence-corrected chi connectivity index (χ0v) is 41.6. The quantitative estimate of drug-likeness (QED) is 0.142. The van der Waals surface area contributed by atoms with Crippen LogP contribution in [0.15, 0.2) is 238 Å². The Labute approximate surface area is 445 Å². The molecule has 0 unspecified atom stereocenters. The molecule has 0 amide bonds. The maximum absolute atomic E-state index is 7.57. The van der Waals surface area contributed by atoms with Gasteiger partial charge < -0.3 is 0 Å². The van der Waals surface area contributed by atoms with Gasteiger partial charge in [-0.3, -0.25) is 24.9 Å². The number of rotatable bonds is 0. The number of fused-ring (bicyclic) bond motifs is 24. The molecule has 0 aliphatic rings. The Bertz CT molecular complexity index is 4270. The summed E-state index contributed by atoms with van der Waals surface area (Å²) in [5, 5.41) is 25.2. The molecule has 0 aliphatic carbocycles. The van der Waals surface area contributed by atoms with Gasteiger partial charge in [0.05, 0.1) is 16.6 Å². The molecule has 76 heavy (non-hydrogen) atoms. The van der Waals surface area contributed by atoms with E-state index in [0.29, 0.717) is 27.6 Å². The topological polar surface area (TPSA) is 64.5 Å². The second-order valence-corrected chi connectivity index (χ2v) is 19.2. The fourth-order valence-electron chi connectivity index (χ4n) is 11.2. The number of aryl methyl sites for hydroxylation is 4. The zero-order chi connectivity index (χ0) is 54.1. The highest BCUT2D eigenvalue weighted by atomic mass is 14.7. The summed E-state index contributed by atoms with van der Waals surface area (Å²) in [6, 6.07) is 66.8. The van der Waals surface area contributed by atoms with Gasteiger partial charge in [-0.15, -0.1) is 0 Å². The molecule has 5 heteroatoms. The van der Waals surface area contributed by atoms with Crippen molar-refractivity contribution in [3.05, 3.63) is 260 Å². The van der Waals surface area contributed by atoms with E-state index in [2.05, 4.69) is 177 Å². The van der Waals surface area contributed by atoms with Crippen molar-refractivity contribution in [1.82, 2.24) is 24.9 Å². The van der Waals surface area contributed by atoms with E-state index >= 15 is 0 Å². The van der Waals surface area contributed by atoms with Gasteiger partial charge in [-0.05, 0) is 139 Å². The molecule has 0 radical (unpaired) electrons. The molecular weight excluding hydrogens is 923 g/mol. The minimum absolute atomic E-state index is 0.294. The van der Waals surface area contributed by atoms with Gasteiger partial charge in [-0.2, -0.15) is 0 Å². The van der Waals surface area contributed by atoms with Crippen LogP contribution >= 0.6 is 0 Å². The molecule has 5 heterocycles. The molecule has 0 bridgehead atoms. The number of benzene rings is 11. The van der Waals surface area contributed by atoms with Gasteiger partial charge in [-0.25, -0.2) is 0 Å². The molecule has 16 rings (SSSR count). The van der Waals surface area contributed by atoms with E-state index in [1.807, 2.05) is 73.4 Å². The maximum atomic E-state index is 7.57. The van der Waals surface area contributed by atoms with Crippen molar-refractivity contribution in [2.45, 2.75) is 27.6 Å². The van der Waals surface area contributed by atoms with Gasteiger partial charge in [0.25, 0.3) is 0 Å². The summed E-state index contributed by atoms with van der Waals surface area (Å²) in [5.41, 5.74) is 7.05. The third-order valence-corrected chi connectivity index (χ3v) is 14.6. The second kappa shape index (κ2) is 19.3. The standard InChI is InChI=1S/3C18H13N.C17H12N2/c1-12-8-9-14-13-5-2-3-6-15(13)18-16(17(14)11-12)7-4-10-19-18;2*1-12-6-7-15-13-4-2-3-5-14(13)16-8-9-19-11-18(16)17(15)10-12;1-11-6-7-12-13-4-2-8-18-16(13)17-14(15(12)10-11)5-3-9-19-17/h3*2-11H,1H3;2-10H,1H3/i4*1D. The zero-order valence-electron chi connectivity index (χ0n) is 45.6. The second-order valence-electron chi connectivity index (χ2n) is 19.2. The van der Waals surface area contributed by atoms with Gasteiger partial charge in [0.15, 0.2) is 0 Å². The Hall–Kier alpha value is -9.71. The highest BCUT2D eigenvalue weighted by molar-refractivity contribution is 6.27. The summed E-state index contributed by atoms with van der Waals surface area (Å²) in [6.45, 7) is 1.22. The highest BCUT2D eigenvalue weighted by Crippen LogP contribution is 2.38. The number of aromatic nitrogens is 5. The Kier molecular flexibility index (Phi) is 10.6. The fourth-order valence-corrected chi connectivity index (χ4v) is 11.2. The van der Waals surface area contributed by atoms with Crippen LogP contribution in [0.2, 0.25) is 0 Å². The van der Waals surface area contributed by atoms with Crippen molar-refractivity contribution >= 4 is 130 Å².